The summed E-state index contributed by atoms with van der Waals surface area (Å²) < 4.78 is 5.82. The molecule has 0 atom stereocenters. The Morgan fingerprint density at radius 1 is 0.952 bits per heavy atom. The molecular weight excluding hydrogens is 282 g/mol. The monoisotopic (exact) mass is 312 g/mol. The summed E-state index contributed by atoms with van der Waals surface area (Å²) in [5.74, 6) is 0.947. The van der Waals surface area contributed by atoms with Gasteiger partial charge in [-0.25, -0.2) is 0 Å². The van der Waals surface area contributed by atoms with Crippen molar-refractivity contribution in [3.8, 4) is 5.75 Å². The first kappa shape index (κ1) is 18.3. The second kappa shape index (κ2) is 10.9. The quantitative estimate of drug-likeness (QED) is 0.607. The van der Waals surface area contributed by atoms with E-state index in [9.17, 15) is 0 Å². The first-order valence-corrected chi connectivity index (χ1v) is 8.74. The predicted molar refractivity (Wildman–Crippen MR) is 91.5 cm³/mol. The summed E-state index contributed by atoms with van der Waals surface area (Å²) in [5, 5.41) is 3.29. The maximum atomic E-state index is 6.16. The van der Waals surface area contributed by atoms with Gasteiger partial charge in [-0.05, 0) is 69.2 Å². The largest absolute Gasteiger partial charge is 0.494 e. The number of quaternary nitrogens is 1. The number of ether oxygens (including phenoxy) is 1. The van der Waals surface area contributed by atoms with Gasteiger partial charge in [0.05, 0.1) is 19.7 Å². The molecule has 0 spiro atoms. The molecule has 0 unspecified atom stereocenters. The smallest absolute Gasteiger partial charge is 0.119 e. The van der Waals surface area contributed by atoms with Gasteiger partial charge in [0, 0.05) is 5.02 Å². The van der Waals surface area contributed by atoms with E-state index in [4.69, 9.17) is 16.3 Å². The minimum Gasteiger partial charge on any atom is -0.494 e. The predicted octanol–water partition coefficient (Wildman–Crippen LogP) is 4.26. The van der Waals surface area contributed by atoms with Crippen LogP contribution in [0.5, 0.6) is 5.75 Å². The van der Waals surface area contributed by atoms with Crippen molar-refractivity contribution in [2.45, 2.75) is 59.3 Å². The van der Waals surface area contributed by atoms with Crippen LogP contribution in [0.3, 0.4) is 0 Å². The third kappa shape index (κ3) is 7.73. The van der Waals surface area contributed by atoms with E-state index in [-0.39, 0.29) is 0 Å². The average molecular weight is 313 g/mol. The second-order valence-electron chi connectivity index (χ2n) is 5.85. The first-order chi connectivity index (χ1) is 10.1. The molecule has 0 aliphatic rings. The number of hydrogen-bond donors (Lipinski definition) is 1. The standard InChI is InChI=1S/C18H30ClNO/c1-4-5-10-20-11-8-6-7-9-12-21-17-13-15(2)18(19)16(3)14-17/h13-14,20H,4-12H2,1-3H3/p+1. The third-order valence-corrected chi connectivity index (χ3v) is 4.34. The van der Waals surface area contributed by atoms with E-state index >= 15 is 0 Å². The number of unbranched alkanes of at least 4 members (excludes halogenated alkanes) is 4. The fourth-order valence-electron chi connectivity index (χ4n) is 2.42. The van der Waals surface area contributed by atoms with Crippen molar-refractivity contribution in [1.29, 1.82) is 0 Å². The molecule has 0 amide bonds. The van der Waals surface area contributed by atoms with E-state index in [0.29, 0.717) is 0 Å². The minimum atomic E-state index is 0.806. The molecule has 0 bridgehead atoms. The summed E-state index contributed by atoms with van der Waals surface area (Å²) in [6.07, 6.45) is 7.67. The van der Waals surface area contributed by atoms with Crippen LogP contribution in [0.15, 0.2) is 12.1 Å². The lowest BCUT2D eigenvalue weighted by Gasteiger charge is -2.10. The molecule has 0 radical (unpaired) electrons. The summed E-state index contributed by atoms with van der Waals surface area (Å²) in [6, 6.07) is 4.05. The number of nitrogens with two attached hydrogens (primary N) is 1. The number of benzene rings is 1. The normalized spacial score (nSPS) is 10.9. The number of aryl methyl sites for hydroxylation is 2. The van der Waals surface area contributed by atoms with Crippen LogP contribution in [-0.4, -0.2) is 19.7 Å². The molecule has 0 saturated carbocycles. The highest BCUT2D eigenvalue weighted by molar-refractivity contribution is 6.32. The zero-order chi connectivity index (χ0) is 15.5. The number of rotatable bonds is 11. The topological polar surface area (TPSA) is 25.8 Å². The Balaban J connectivity index is 2.04. The Morgan fingerprint density at radius 3 is 2.24 bits per heavy atom. The summed E-state index contributed by atoms with van der Waals surface area (Å²) in [4.78, 5) is 0. The molecule has 0 aromatic heterocycles. The van der Waals surface area contributed by atoms with Gasteiger partial charge in [0.15, 0.2) is 0 Å². The zero-order valence-electron chi connectivity index (χ0n) is 13.9. The van der Waals surface area contributed by atoms with Crippen LogP contribution >= 0.6 is 11.6 Å². The van der Waals surface area contributed by atoms with Crippen LogP contribution in [0.25, 0.3) is 0 Å². The van der Waals surface area contributed by atoms with Gasteiger partial charge in [-0.1, -0.05) is 24.9 Å². The van der Waals surface area contributed by atoms with Crippen molar-refractivity contribution in [3.05, 3.63) is 28.3 Å². The molecule has 0 aliphatic carbocycles. The molecule has 3 heteroatoms. The molecular formula is C18H31ClNO+. The van der Waals surface area contributed by atoms with Crippen LogP contribution in [-0.2, 0) is 0 Å². The van der Waals surface area contributed by atoms with Gasteiger partial charge >= 0.3 is 0 Å². The van der Waals surface area contributed by atoms with Crippen molar-refractivity contribution >= 4 is 11.6 Å². The molecule has 0 saturated heterocycles. The Bertz CT molecular complexity index is 383. The van der Waals surface area contributed by atoms with E-state index < -0.39 is 0 Å². The molecule has 2 nitrogen and oxygen atoms in total. The van der Waals surface area contributed by atoms with Crippen molar-refractivity contribution in [2.75, 3.05) is 19.7 Å². The zero-order valence-corrected chi connectivity index (χ0v) is 14.6. The lowest BCUT2D eigenvalue weighted by molar-refractivity contribution is -0.655. The van der Waals surface area contributed by atoms with Crippen molar-refractivity contribution in [3.63, 3.8) is 0 Å². The second-order valence-corrected chi connectivity index (χ2v) is 6.23. The fraction of sp³-hybridized carbons (Fsp3) is 0.667. The van der Waals surface area contributed by atoms with Crippen LogP contribution in [0.4, 0.5) is 0 Å². The van der Waals surface area contributed by atoms with Gasteiger partial charge in [0.25, 0.3) is 0 Å². The van der Waals surface area contributed by atoms with Gasteiger partial charge in [-0.3, -0.25) is 0 Å². The van der Waals surface area contributed by atoms with Crippen LogP contribution in [0, 0.1) is 13.8 Å². The van der Waals surface area contributed by atoms with Crippen LogP contribution in [0.2, 0.25) is 5.02 Å². The maximum absolute atomic E-state index is 6.16. The van der Waals surface area contributed by atoms with E-state index in [0.717, 1.165) is 34.9 Å². The van der Waals surface area contributed by atoms with Crippen molar-refractivity contribution in [1.82, 2.24) is 0 Å². The van der Waals surface area contributed by atoms with Gasteiger partial charge < -0.3 is 10.1 Å². The molecule has 2 N–H and O–H groups in total. The Hall–Kier alpha value is -0.730. The highest BCUT2D eigenvalue weighted by atomic mass is 35.5. The van der Waals surface area contributed by atoms with Gasteiger partial charge in [-0.15, -0.1) is 0 Å². The van der Waals surface area contributed by atoms with Crippen molar-refractivity contribution < 1.29 is 10.1 Å². The molecule has 0 fully saturated rings. The Kier molecular flexibility index (Phi) is 9.53. The van der Waals surface area contributed by atoms with Gasteiger partial charge in [0.1, 0.15) is 5.75 Å². The molecule has 1 aromatic carbocycles. The maximum Gasteiger partial charge on any atom is 0.119 e. The lowest BCUT2D eigenvalue weighted by atomic mass is 10.1. The van der Waals surface area contributed by atoms with E-state index in [1.807, 2.05) is 26.0 Å². The summed E-state index contributed by atoms with van der Waals surface area (Å²) in [7, 11) is 0. The molecule has 0 heterocycles. The van der Waals surface area contributed by atoms with Gasteiger partial charge in [-0.2, -0.15) is 0 Å². The minimum absolute atomic E-state index is 0.806. The van der Waals surface area contributed by atoms with E-state index in [1.165, 1.54) is 45.2 Å². The molecule has 1 aromatic rings. The molecule has 21 heavy (non-hydrogen) atoms. The number of hydrogen-bond acceptors (Lipinski definition) is 1. The van der Waals surface area contributed by atoms with E-state index in [2.05, 4.69) is 12.2 Å². The Labute approximate surface area is 135 Å². The first-order valence-electron chi connectivity index (χ1n) is 8.36. The third-order valence-electron chi connectivity index (χ3n) is 3.74. The lowest BCUT2D eigenvalue weighted by Crippen LogP contribution is -2.84. The summed E-state index contributed by atoms with van der Waals surface area (Å²) in [6.45, 7) is 9.66. The highest BCUT2D eigenvalue weighted by Crippen LogP contribution is 2.25. The molecule has 0 aliphatic heterocycles. The van der Waals surface area contributed by atoms with Crippen LogP contribution < -0.4 is 10.1 Å². The van der Waals surface area contributed by atoms with E-state index in [1.54, 1.807) is 0 Å². The number of halogens is 1. The Morgan fingerprint density at radius 2 is 1.57 bits per heavy atom. The summed E-state index contributed by atoms with van der Waals surface area (Å²) >= 11 is 6.16. The fourth-order valence-corrected chi connectivity index (χ4v) is 2.53. The average Bonchev–Trinajstić information content (AvgIpc) is 2.46. The highest BCUT2D eigenvalue weighted by Gasteiger charge is 2.03. The molecule has 1 rings (SSSR count). The van der Waals surface area contributed by atoms with Crippen molar-refractivity contribution in [2.24, 2.45) is 0 Å². The SMILES string of the molecule is CCCC[NH2+]CCCCCCOc1cc(C)c(Cl)c(C)c1. The van der Waals surface area contributed by atoms with Gasteiger partial charge in [0.2, 0.25) is 0 Å². The summed E-state index contributed by atoms with van der Waals surface area (Å²) in [5.41, 5.74) is 2.18. The molecule has 120 valence electrons. The van der Waals surface area contributed by atoms with Crippen LogP contribution in [0.1, 0.15) is 56.6 Å².